The molecule has 0 aromatic heterocycles. The van der Waals surface area contributed by atoms with Gasteiger partial charge in [0.05, 0.1) is 12.3 Å². The van der Waals surface area contributed by atoms with Crippen LogP contribution in [0.3, 0.4) is 0 Å². The monoisotopic (exact) mass is 263 g/mol. The fraction of sp³-hybridized carbons (Fsp3) is 0.600. The van der Waals surface area contributed by atoms with E-state index >= 15 is 0 Å². The first-order valence-corrected chi connectivity index (χ1v) is 7.15. The van der Waals surface area contributed by atoms with E-state index in [1.807, 2.05) is 6.07 Å². The van der Waals surface area contributed by atoms with Gasteiger partial charge in [0, 0.05) is 12.1 Å². The maximum atomic E-state index is 6.00. The minimum absolute atomic E-state index is 0.578. The van der Waals surface area contributed by atoms with Gasteiger partial charge in [-0.25, -0.2) is 0 Å². The Kier molecular flexibility index (Phi) is 3.67. The molecule has 4 heteroatoms. The van der Waals surface area contributed by atoms with Crippen LogP contribution >= 0.6 is 0 Å². The molecule has 4 nitrogen and oxygen atoms in total. The second kappa shape index (κ2) is 5.59. The van der Waals surface area contributed by atoms with Crippen molar-refractivity contribution in [2.45, 2.75) is 32.1 Å². The Morgan fingerprint density at radius 2 is 1.74 bits per heavy atom. The van der Waals surface area contributed by atoms with Crippen LogP contribution in [0.4, 0.5) is 5.69 Å². The summed E-state index contributed by atoms with van der Waals surface area (Å²) in [6, 6.07) is 3.65. The second-order valence-corrected chi connectivity index (χ2v) is 5.35. The lowest BCUT2D eigenvalue weighted by Gasteiger charge is -2.23. The third-order valence-corrected chi connectivity index (χ3v) is 3.87. The van der Waals surface area contributed by atoms with Crippen molar-refractivity contribution in [2.24, 2.45) is 5.92 Å². The van der Waals surface area contributed by atoms with E-state index in [-0.39, 0.29) is 0 Å². The van der Waals surface area contributed by atoms with Crippen molar-refractivity contribution in [3.05, 3.63) is 12.1 Å². The molecule has 0 bridgehead atoms. The molecule has 0 spiro atoms. The molecule has 1 aromatic carbocycles. The maximum Gasteiger partial charge on any atom is 0.165 e. The Balaban J connectivity index is 1.66. The van der Waals surface area contributed by atoms with Gasteiger partial charge in [0.25, 0.3) is 0 Å². The normalized spacial score (nSPS) is 19.2. The lowest BCUT2D eigenvalue weighted by molar-refractivity contribution is 0.169. The zero-order valence-corrected chi connectivity index (χ0v) is 11.2. The van der Waals surface area contributed by atoms with Crippen molar-refractivity contribution in [3.8, 4) is 17.2 Å². The summed E-state index contributed by atoms with van der Waals surface area (Å²) >= 11 is 0. The molecule has 1 aromatic rings. The Bertz CT molecular complexity index is 441. The number of hydrogen-bond acceptors (Lipinski definition) is 4. The highest BCUT2D eigenvalue weighted by Gasteiger charge is 2.18. The first kappa shape index (κ1) is 12.5. The number of rotatable bonds is 3. The van der Waals surface area contributed by atoms with Crippen LogP contribution in [0.2, 0.25) is 0 Å². The molecule has 1 saturated carbocycles. The number of hydrogen-bond donors (Lipinski definition) is 1. The molecule has 1 fully saturated rings. The maximum absolute atomic E-state index is 6.00. The molecule has 2 aliphatic rings. The van der Waals surface area contributed by atoms with Gasteiger partial charge in [0.15, 0.2) is 11.5 Å². The minimum Gasteiger partial charge on any atom is -0.491 e. The van der Waals surface area contributed by atoms with Crippen LogP contribution in [0.15, 0.2) is 12.1 Å². The van der Waals surface area contributed by atoms with Crippen molar-refractivity contribution >= 4 is 5.69 Å². The number of nitrogen functional groups attached to an aromatic ring is 1. The van der Waals surface area contributed by atoms with E-state index < -0.39 is 0 Å². The first-order valence-electron chi connectivity index (χ1n) is 7.15. The SMILES string of the molecule is Nc1cc2c(cc1OCC1CCCCC1)OCCO2. The van der Waals surface area contributed by atoms with Crippen LogP contribution in [0.5, 0.6) is 17.2 Å². The molecule has 3 rings (SSSR count). The van der Waals surface area contributed by atoms with Gasteiger partial charge >= 0.3 is 0 Å². The molecule has 1 heterocycles. The van der Waals surface area contributed by atoms with E-state index in [2.05, 4.69) is 0 Å². The van der Waals surface area contributed by atoms with E-state index in [0.717, 1.165) is 18.1 Å². The molecular formula is C15H21NO3. The molecule has 1 aliphatic carbocycles. The van der Waals surface area contributed by atoms with Gasteiger partial charge in [0.1, 0.15) is 19.0 Å². The minimum atomic E-state index is 0.578. The zero-order chi connectivity index (χ0) is 13.1. The van der Waals surface area contributed by atoms with E-state index in [1.54, 1.807) is 6.07 Å². The fourth-order valence-corrected chi connectivity index (χ4v) is 2.77. The number of anilines is 1. The number of nitrogens with two attached hydrogens (primary N) is 1. The van der Waals surface area contributed by atoms with Gasteiger partial charge in [0.2, 0.25) is 0 Å². The number of benzene rings is 1. The third kappa shape index (κ3) is 2.88. The molecule has 0 saturated heterocycles. The van der Waals surface area contributed by atoms with Gasteiger partial charge in [-0.2, -0.15) is 0 Å². The Hall–Kier alpha value is -1.58. The topological polar surface area (TPSA) is 53.7 Å². The second-order valence-electron chi connectivity index (χ2n) is 5.35. The standard InChI is InChI=1S/C15H21NO3/c16-12-8-14-15(18-7-6-17-14)9-13(12)19-10-11-4-2-1-3-5-11/h8-9,11H,1-7,10,16H2. The van der Waals surface area contributed by atoms with Crippen molar-refractivity contribution in [3.63, 3.8) is 0 Å². The first-order chi connectivity index (χ1) is 9.33. The summed E-state index contributed by atoms with van der Waals surface area (Å²) in [6.07, 6.45) is 6.55. The summed E-state index contributed by atoms with van der Waals surface area (Å²) in [4.78, 5) is 0. The van der Waals surface area contributed by atoms with Crippen molar-refractivity contribution < 1.29 is 14.2 Å². The molecule has 2 N–H and O–H groups in total. The van der Waals surface area contributed by atoms with Crippen molar-refractivity contribution in [1.29, 1.82) is 0 Å². The van der Waals surface area contributed by atoms with Gasteiger partial charge in [-0.3, -0.25) is 0 Å². The predicted molar refractivity (Wildman–Crippen MR) is 73.9 cm³/mol. The average molecular weight is 263 g/mol. The molecule has 19 heavy (non-hydrogen) atoms. The van der Waals surface area contributed by atoms with Crippen molar-refractivity contribution in [1.82, 2.24) is 0 Å². The van der Waals surface area contributed by atoms with E-state index in [1.165, 1.54) is 32.1 Å². The van der Waals surface area contributed by atoms with Crippen LogP contribution in [-0.2, 0) is 0 Å². The highest BCUT2D eigenvalue weighted by Crippen LogP contribution is 2.38. The summed E-state index contributed by atoms with van der Waals surface area (Å²) < 4.78 is 16.9. The van der Waals surface area contributed by atoms with Crippen LogP contribution in [0.25, 0.3) is 0 Å². The smallest absolute Gasteiger partial charge is 0.165 e. The Morgan fingerprint density at radius 3 is 2.47 bits per heavy atom. The lowest BCUT2D eigenvalue weighted by atomic mass is 9.90. The highest BCUT2D eigenvalue weighted by atomic mass is 16.6. The van der Waals surface area contributed by atoms with Crippen LogP contribution in [-0.4, -0.2) is 19.8 Å². The molecule has 0 radical (unpaired) electrons. The third-order valence-electron chi connectivity index (χ3n) is 3.87. The quantitative estimate of drug-likeness (QED) is 0.852. The highest BCUT2D eigenvalue weighted by molar-refractivity contribution is 5.62. The van der Waals surface area contributed by atoms with Crippen LogP contribution in [0, 0.1) is 5.92 Å². The van der Waals surface area contributed by atoms with Gasteiger partial charge in [-0.05, 0) is 18.8 Å². The summed E-state index contributed by atoms with van der Waals surface area (Å²) in [7, 11) is 0. The largest absolute Gasteiger partial charge is 0.491 e. The Labute approximate surface area is 113 Å². The van der Waals surface area contributed by atoms with Crippen LogP contribution in [0.1, 0.15) is 32.1 Å². The summed E-state index contributed by atoms with van der Waals surface area (Å²) in [5.41, 5.74) is 6.62. The molecule has 104 valence electrons. The average Bonchev–Trinajstić information content (AvgIpc) is 2.46. The van der Waals surface area contributed by atoms with Crippen LogP contribution < -0.4 is 19.9 Å². The van der Waals surface area contributed by atoms with E-state index in [4.69, 9.17) is 19.9 Å². The summed E-state index contributed by atoms with van der Waals surface area (Å²) in [5, 5.41) is 0. The lowest BCUT2D eigenvalue weighted by Crippen LogP contribution is -2.17. The summed E-state index contributed by atoms with van der Waals surface area (Å²) in [5.74, 6) is 2.84. The van der Waals surface area contributed by atoms with Crippen molar-refractivity contribution in [2.75, 3.05) is 25.6 Å². The van der Waals surface area contributed by atoms with Gasteiger partial charge < -0.3 is 19.9 Å². The molecular weight excluding hydrogens is 242 g/mol. The molecule has 0 unspecified atom stereocenters. The zero-order valence-electron chi connectivity index (χ0n) is 11.2. The summed E-state index contributed by atoms with van der Waals surface area (Å²) in [6.45, 7) is 1.91. The number of fused-ring (bicyclic) bond motifs is 1. The predicted octanol–water partition coefficient (Wildman–Crippen LogP) is 3.00. The van der Waals surface area contributed by atoms with E-state index in [0.29, 0.717) is 30.6 Å². The molecule has 0 amide bonds. The molecule has 1 aliphatic heterocycles. The number of ether oxygens (including phenoxy) is 3. The molecule has 0 atom stereocenters. The van der Waals surface area contributed by atoms with Gasteiger partial charge in [-0.1, -0.05) is 19.3 Å². The van der Waals surface area contributed by atoms with E-state index in [9.17, 15) is 0 Å². The fourth-order valence-electron chi connectivity index (χ4n) is 2.77. The van der Waals surface area contributed by atoms with Gasteiger partial charge in [-0.15, -0.1) is 0 Å². The Morgan fingerprint density at radius 1 is 1.05 bits per heavy atom.